The first-order valence-corrected chi connectivity index (χ1v) is 5.73. The lowest BCUT2D eigenvalue weighted by Crippen LogP contribution is -2.53. The van der Waals surface area contributed by atoms with E-state index in [1.165, 1.54) is 0 Å². The minimum atomic E-state index is -0.736. The third-order valence-electron chi connectivity index (χ3n) is 2.90. The molecule has 1 rings (SSSR count). The van der Waals surface area contributed by atoms with E-state index in [9.17, 15) is 9.90 Å². The van der Waals surface area contributed by atoms with Crippen LogP contribution in [0.1, 0.15) is 39.5 Å². The molecule has 0 saturated carbocycles. The monoisotopic (exact) mass is 214 g/mol. The molecule has 1 saturated heterocycles. The molecule has 0 bridgehead atoms. The summed E-state index contributed by atoms with van der Waals surface area (Å²) >= 11 is 0. The summed E-state index contributed by atoms with van der Waals surface area (Å²) in [5.74, 6) is -0.0168. The fourth-order valence-corrected chi connectivity index (χ4v) is 2.08. The van der Waals surface area contributed by atoms with Gasteiger partial charge >= 0.3 is 0 Å². The van der Waals surface area contributed by atoms with E-state index in [1.54, 1.807) is 11.8 Å². The lowest BCUT2D eigenvalue weighted by Gasteiger charge is -2.37. The van der Waals surface area contributed by atoms with E-state index in [-0.39, 0.29) is 5.91 Å². The molecule has 2 atom stereocenters. The van der Waals surface area contributed by atoms with Gasteiger partial charge in [0.25, 0.3) is 0 Å². The zero-order valence-electron chi connectivity index (χ0n) is 9.70. The van der Waals surface area contributed by atoms with E-state index >= 15 is 0 Å². The van der Waals surface area contributed by atoms with Crippen LogP contribution in [0.2, 0.25) is 0 Å². The third kappa shape index (κ3) is 3.47. The highest BCUT2D eigenvalue weighted by Crippen LogP contribution is 2.20. The second-order valence-corrected chi connectivity index (χ2v) is 4.76. The van der Waals surface area contributed by atoms with Crippen molar-refractivity contribution in [3.05, 3.63) is 0 Å². The number of hydrogen-bond acceptors (Lipinski definition) is 3. The van der Waals surface area contributed by atoms with E-state index in [4.69, 9.17) is 5.73 Å². The topological polar surface area (TPSA) is 66.6 Å². The van der Waals surface area contributed by atoms with E-state index in [1.807, 2.05) is 6.92 Å². The number of β-amino-alcohol motifs (C(OH)–C–C–N with tert-alkyl or cyclic N) is 1. The first-order valence-electron chi connectivity index (χ1n) is 5.73. The van der Waals surface area contributed by atoms with Crippen LogP contribution in [0, 0.1) is 0 Å². The Morgan fingerprint density at radius 2 is 2.33 bits per heavy atom. The van der Waals surface area contributed by atoms with Gasteiger partial charge in [-0.25, -0.2) is 0 Å². The summed E-state index contributed by atoms with van der Waals surface area (Å²) in [5.41, 5.74) is 5.04. The van der Waals surface area contributed by atoms with Gasteiger partial charge in [0, 0.05) is 13.1 Å². The average Bonchev–Trinajstić information content (AvgIpc) is 2.15. The standard InChI is InChI=1S/C11H22N2O2/c1-3-5-9(12)10(14)13-7-4-6-11(2,15)8-13/h9,15H,3-8,12H2,1-2H3/t9-,11?/m1/s1. The third-order valence-corrected chi connectivity index (χ3v) is 2.90. The molecule has 1 heterocycles. The molecule has 0 aliphatic carbocycles. The van der Waals surface area contributed by atoms with Crippen molar-refractivity contribution in [1.29, 1.82) is 0 Å². The Morgan fingerprint density at radius 1 is 1.67 bits per heavy atom. The van der Waals surface area contributed by atoms with Gasteiger partial charge in [-0.15, -0.1) is 0 Å². The largest absolute Gasteiger partial charge is 0.388 e. The first-order chi connectivity index (χ1) is 6.96. The summed E-state index contributed by atoms with van der Waals surface area (Å²) in [7, 11) is 0. The highest BCUT2D eigenvalue weighted by atomic mass is 16.3. The fourth-order valence-electron chi connectivity index (χ4n) is 2.08. The molecule has 0 aromatic carbocycles. The molecule has 1 aliphatic heterocycles. The highest BCUT2D eigenvalue weighted by molar-refractivity contribution is 5.81. The van der Waals surface area contributed by atoms with Crippen LogP contribution in [0.5, 0.6) is 0 Å². The number of piperidine rings is 1. The van der Waals surface area contributed by atoms with Gasteiger partial charge in [0.1, 0.15) is 0 Å². The second kappa shape index (κ2) is 4.94. The Labute approximate surface area is 91.4 Å². The van der Waals surface area contributed by atoms with Crippen LogP contribution >= 0.6 is 0 Å². The van der Waals surface area contributed by atoms with E-state index in [0.29, 0.717) is 6.54 Å². The summed E-state index contributed by atoms with van der Waals surface area (Å²) in [4.78, 5) is 13.6. The van der Waals surface area contributed by atoms with Crippen LogP contribution in [0.25, 0.3) is 0 Å². The minimum Gasteiger partial charge on any atom is -0.388 e. The second-order valence-electron chi connectivity index (χ2n) is 4.76. The highest BCUT2D eigenvalue weighted by Gasteiger charge is 2.32. The van der Waals surface area contributed by atoms with Gasteiger partial charge in [0.05, 0.1) is 11.6 Å². The SMILES string of the molecule is CCC[C@@H](N)C(=O)N1CCCC(C)(O)C1. The van der Waals surface area contributed by atoms with Crippen LogP contribution in [0.4, 0.5) is 0 Å². The molecule has 1 unspecified atom stereocenters. The lowest BCUT2D eigenvalue weighted by atomic mass is 9.94. The molecule has 88 valence electrons. The van der Waals surface area contributed by atoms with Crippen LogP contribution < -0.4 is 5.73 Å². The van der Waals surface area contributed by atoms with E-state index < -0.39 is 11.6 Å². The van der Waals surface area contributed by atoms with Crippen molar-refractivity contribution in [2.45, 2.75) is 51.2 Å². The molecule has 0 aromatic rings. The van der Waals surface area contributed by atoms with Gasteiger partial charge < -0.3 is 15.7 Å². The molecular formula is C11H22N2O2. The summed E-state index contributed by atoms with van der Waals surface area (Å²) in [6.45, 7) is 4.94. The molecule has 0 aromatic heterocycles. The van der Waals surface area contributed by atoms with Gasteiger partial charge in [-0.3, -0.25) is 4.79 Å². The molecule has 3 N–H and O–H groups in total. The van der Waals surface area contributed by atoms with Crippen molar-refractivity contribution < 1.29 is 9.90 Å². The molecule has 1 amide bonds. The maximum Gasteiger partial charge on any atom is 0.239 e. The number of carbonyl (C=O) groups is 1. The van der Waals surface area contributed by atoms with Crippen LogP contribution in [0.15, 0.2) is 0 Å². The van der Waals surface area contributed by atoms with Gasteiger partial charge in [-0.05, 0) is 26.2 Å². The Bertz CT molecular complexity index is 229. The Hall–Kier alpha value is -0.610. The van der Waals surface area contributed by atoms with Crippen LogP contribution in [0.3, 0.4) is 0 Å². The first kappa shape index (κ1) is 12.5. The van der Waals surface area contributed by atoms with Crippen molar-refractivity contribution in [2.24, 2.45) is 5.73 Å². The van der Waals surface area contributed by atoms with Crippen LogP contribution in [-0.2, 0) is 4.79 Å². The number of hydrogen-bond donors (Lipinski definition) is 2. The average molecular weight is 214 g/mol. The maximum atomic E-state index is 11.9. The molecule has 4 nitrogen and oxygen atoms in total. The molecule has 1 aliphatic rings. The lowest BCUT2D eigenvalue weighted by molar-refractivity contribution is -0.139. The van der Waals surface area contributed by atoms with Crippen molar-refractivity contribution in [3.8, 4) is 0 Å². The zero-order chi connectivity index (χ0) is 11.5. The number of aliphatic hydroxyl groups is 1. The summed E-state index contributed by atoms with van der Waals surface area (Å²) < 4.78 is 0. The number of rotatable bonds is 3. The molecular weight excluding hydrogens is 192 g/mol. The zero-order valence-corrected chi connectivity index (χ0v) is 9.70. The van der Waals surface area contributed by atoms with Gasteiger partial charge in [0.15, 0.2) is 0 Å². The van der Waals surface area contributed by atoms with Crippen LogP contribution in [-0.4, -0.2) is 40.6 Å². The summed E-state index contributed by atoms with van der Waals surface area (Å²) in [5, 5.41) is 9.87. The number of amides is 1. The van der Waals surface area contributed by atoms with E-state index in [0.717, 1.165) is 32.2 Å². The number of carbonyl (C=O) groups excluding carboxylic acids is 1. The Balaban J connectivity index is 2.52. The smallest absolute Gasteiger partial charge is 0.239 e. The predicted octanol–water partition coefficient (Wildman–Crippen LogP) is 0.487. The quantitative estimate of drug-likeness (QED) is 0.718. The molecule has 0 radical (unpaired) electrons. The molecule has 0 spiro atoms. The maximum absolute atomic E-state index is 11.9. The van der Waals surface area contributed by atoms with E-state index in [2.05, 4.69) is 0 Å². The molecule has 15 heavy (non-hydrogen) atoms. The summed E-state index contributed by atoms with van der Waals surface area (Å²) in [6.07, 6.45) is 3.26. The molecule has 4 heteroatoms. The van der Waals surface area contributed by atoms with Gasteiger partial charge in [-0.1, -0.05) is 13.3 Å². The number of nitrogens with two attached hydrogens (primary N) is 1. The number of likely N-dealkylation sites (tertiary alicyclic amines) is 1. The Morgan fingerprint density at radius 3 is 2.87 bits per heavy atom. The van der Waals surface area contributed by atoms with Gasteiger partial charge in [-0.2, -0.15) is 0 Å². The van der Waals surface area contributed by atoms with Crippen molar-refractivity contribution in [2.75, 3.05) is 13.1 Å². The number of nitrogens with zero attached hydrogens (tertiary/aromatic N) is 1. The normalized spacial score (nSPS) is 28.9. The fraction of sp³-hybridized carbons (Fsp3) is 0.909. The minimum absolute atomic E-state index is 0.0168. The Kier molecular flexibility index (Phi) is 4.11. The van der Waals surface area contributed by atoms with Crippen molar-refractivity contribution in [3.63, 3.8) is 0 Å². The van der Waals surface area contributed by atoms with Crippen molar-refractivity contribution in [1.82, 2.24) is 4.90 Å². The summed E-state index contributed by atoms with van der Waals surface area (Å²) in [6, 6.07) is -0.399. The molecule has 1 fully saturated rings. The van der Waals surface area contributed by atoms with Gasteiger partial charge in [0.2, 0.25) is 5.91 Å². The van der Waals surface area contributed by atoms with Crippen molar-refractivity contribution >= 4 is 5.91 Å². The predicted molar refractivity (Wildman–Crippen MR) is 59.3 cm³/mol.